The third kappa shape index (κ3) is 3.73. The molecule has 2 heterocycles. The van der Waals surface area contributed by atoms with Crippen molar-refractivity contribution in [2.75, 3.05) is 0 Å². The van der Waals surface area contributed by atoms with Crippen molar-refractivity contribution in [2.24, 2.45) is 34.5 Å². The van der Waals surface area contributed by atoms with Crippen molar-refractivity contribution in [2.45, 2.75) is 116 Å². The van der Waals surface area contributed by atoms with Crippen molar-refractivity contribution in [1.29, 1.82) is 0 Å². The number of aliphatic hydroxyl groups is 1. The molecule has 41 heavy (non-hydrogen) atoms. The van der Waals surface area contributed by atoms with E-state index >= 15 is 0 Å². The lowest BCUT2D eigenvalue weighted by atomic mass is 9.44. The summed E-state index contributed by atoms with van der Waals surface area (Å²) in [6, 6.07) is 0. The van der Waals surface area contributed by atoms with Crippen LogP contribution in [-0.2, 0) is 38.1 Å². The molecular weight excluding hydrogens is 528 g/mol. The van der Waals surface area contributed by atoms with E-state index in [1.807, 2.05) is 13.8 Å². The number of esters is 3. The number of cyclic esters (lactones) is 1. The first-order valence-electron chi connectivity index (χ1n) is 14.9. The molecule has 1 saturated heterocycles. The van der Waals surface area contributed by atoms with Gasteiger partial charge in [-0.1, -0.05) is 12.5 Å². The molecule has 12 atom stereocenters. The molecule has 0 aromatic rings. The van der Waals surface area contributed by atoms with Crippen molar-refractivity contribution >= 4 is 23.7 Å². The summed E-state index contributed by atoms with van der Waals surface area (Å²) in [7, 11) is 0. The Morgan fingerprint density at radius 2 is 1.78 bits per heavy atom. The van der Waals surface area contributed by atoms with Gasteiger partial charge < -0.3 is 24.1 Å². The fraction of sp³-hybridized carbons (Fsp3) is 0.750. The summed E-state index contributed by atoms with van der Waals surface area (Å²) in [5.74, 6) is -1.80. The Kier molecular flexibility index (Phi) is 6.27. The van der Waals surface area contributed by atoms with Gasteiger partial charge in [0.25, 0.3) is 0 Å². The number of ether oxygens (including phenoxy) is 4. The number of ketones is 1. The van der Waals surface area contributed by atoms with Crippen LogP contribution in [0.3, 0.4) is 0 Å². The molecule has 6 aliphatic rings. The highest BCUT2D eigenvalue weighted by Crippen LogP contribution is 2.74. The molecule has 224 valence electrons. The van der Waals surface area contributed by atoms with Crippen LogP contribution in [0, 0.1) is 34.5 Å². The second-order valence-corrected chi connectivity index (χ2v) is 14.1. The zero-order chi connectivity index (χ0) is 29.9. The lowest BCUT2D eigenvalue weighted by molar-refractivity contribution is -0.187. The third-order valence-corrected chi connectivity index (χ3v) is 12.2. The second kappa shape index (κ2) is 8.99. The Labute approximate surface area is 241 Å². The molecule has 0 unspecified atom stereocenters. The highest BCUT2D eigenvalue weighted by molar-refractivity contribution is 5.98. The number of rotatable bonds is 4. The van der Waals surface area contributed by atoms with Gasteiger partial charge in [0.05, 0.1) is 11.5 Å². The number of allylic oxidation sites excluding steroid dienone is 1. The second-order valence-electron chi connectivity index (χ2n) is 14.1. The smallest absolute Gasteiger partial charge is 0.334 e. The number of hydrogen-bond acceptors (Lipinski definition) is 9. The molecule has 4 aliphatic carbocycles. The van der Waals surface area contributed by atoms with E-state index in [1.165, 1.54) is 19.9 Å². The maximum atomic E-state index is 13.7. The van der Waals surface area contributed by atoms with Crippen molar-refractivity contribution in [1.82, 2.24) is 0 Å². The molecular formula is C32H42O9. The van der Waals surface area contributed by atoms with Crippen LogP contribution in [0.2, 0.25) is 0 Å². The Bertz CT molecular complexity index is 1280. The molecule has 1 N–H and O–H groups in total. The lowest BCUT2D eigenvalue weighted by Crippen LogP contribution is -2.65. The van der Waals surface area contributed by atoms with Gasteiger partial charge in [0.1, 0.15) is 23.4 Å². The van der Waals surface area contributed by atoms with Gasteiger partial charge in [-0.05, 0) is 82.8 Å². The first-order valence-corrected chi connectivity index (χ1v) is 14.9. The summed E-state index contributed by atoms with van der Waals surface area (Å²) in [5, 5.41) is 12.2. The van der Waals surface area contributed by atoms with Crippen molar-refractivity contribution in [3.8, 4) is 0 Å². The van der Waals surface area contributed by atoms with E-state index in [4.69, 9.17) is 18.9 Å². The maximum Gasteiger partial charge on any atom is 0.334 e. The third-order valence-electron chi connectivity index (χ3n) is 12.2. The van der Waals surface area contributed by atoms with Crippen LogP contribution in [-0.4, -0.2) is 64.4 Å². The van der Waals surface area contributed by atoms with Gasteiger partial charge in [-0.25, -0.2) is 4.79 Å². The molecule has 0 aromatic carbocycles. The molecule has 2 aliphatic heterocycles. The number of hydrogen-bond donors (Lipinski definition) is 1. The van der Waals surface area contributed by atoms with E-state index in [2.05, 4.69) is 6.92 Å². The molecule has 0 aromatic heterocycles. The summed E-state index contributed by atoms with van der Waals surface area (Å²) in [5.41, 5.74) is -2.13. The van der Waals surface area contributed by atoms with Crippen molar-refractivity contribution in [3.63, 3.8) is 0 Å². The zero-order valence-electron chi connectivity index (χ0n) is 25.0. The minimum absolute atomic E-state index is 0.0178. The fourth-order valence-electron chi connectivity index (χ4n) is 10.2. The van der Waals surface area contributed by atoms with E-state index in [9.17, 15) is 24.3 Å². The topological polar surface area (TPSA) is 129 Å². The molecule has 6 rings (SSSR count). The Hall–Kier alpha value is -2.52. The summed E-state index contributed by atoms with van der Waals surface area (Å²) in [4.78, 5) is 50.7. The molecule has 9 nitrogen and oxygen atoms in total. The monoisotopic (exact) mass is 570 g/mol. The maximum absolute atomic E-state index is 13.7. The van der Waals surface area contributed by atoms with Gasteiger partial charge >= 0.3 is 17.9 Å². The highest BCUT2D eigenvalue weighted by Gasteiger charge is 2.82. The molecule has 4 fully saturated rings. The lowest BCUT2D eigenvalue weighted by Gasteiger charge is -2.59. The van der Waals surface area contributed by atoms with E-state index in [0.29, 0.717) is 37.7 Å². The van der Waals surface area contributed by atoms with Gasteiger partial charge in [-0.2, -0.15) is 0 Å². The first-order chi connectivity index (χ1) is 19.1. The number of carbonyl (C=O) groups is 4. The van der Waals surface area contributed by atoms with Crippen LogP contribution in [0.5, 0.6) is 0 Å². The average molecular weight is 571 g/mol. The number of fused-ring (bicyclic) bond motifs is 4. The van der Waals surface area contributed by atoms with E-state index in [0.717, 1.165) is 5.57 Å². The van der Waals surface area contributed by atoms with E-state index in [-0.39, 0.29) is 41.5 Å². The first kappa shape index (κ1) is 28.6. The molecule has 9 heteroatoms. The Morgan fingerprint density at radius 1 is 1.10 bits per heavy atom. The summed E-state index contributed by atoms with van der Waals surface area (Å²) >= 11 is 0. The molecule has 0 radical (unpaired) electrons. The number of carbonyl (C=O) groups excluding carboxylic acids is 4. The van der Waals surface area contributed by atoms with Gasteiger partial charge in [-0.3, -0.25) is 14.4 Å². The minimum Gasteiger partial charge on any atom is -0.462 e. The number of epoxide rings is 1. The Morgan fingerprint density at radius 3 is 2.41 bits per heavy atom. The largest absolute Gasteiger partial charge is 0.462 e. The predicted octanol–water partition coefficient (Wildman–Crippen LogP) is 3.61. The highest BCUT2D eigenvalue weighted by atomic mass is 16.7. The Balaban J connectivity index is 1.38. The summed E-state index contributed by atoms with van der Waals surface area (Å²) in [6.07, 6.45) is 4.03. The molecule has 0 bridgehead atoms. The van der Waals surface area contributed by atoms with Crippen LogP contribution in [0.4, 0.5) is 0 Å². The van der Waals surface area contributed by atoms with Gasteiger partial charge in [0.15, 0.2) is 11.9 Å². The van der Waals surface area contributed by atoms with Crippen molar-refractivity contribution in [3.05, 3.63) is 23.3 Å². The van der Waals surface area contributed by atoms with Crippen LogP contribution >= 0.6 is 0 Å². The van der Waals surface area contributed by atoms with Crippen LogP contribution in [0.15, 0.2) is 23.3 Å². The molecule has 3 saturated carbocycles. The SMILES string of the molecule is CC(=O)O[C@H]1C=CC(=O)[C@]2(C)[C@H]3CC[C@@]4(C)[C@H]([C@@H]3C[C@H]3O[C@]132)[C@H](OC(C)=O)C[C@@H]4[C@@](C)(O)[C@H]1CC(C)=C(C)C(=O)O1. The van der Waals surface area contributed by atoms with Gasteiger partial charge in [0.2, 0.25) is 0 Å². The van der Waals surface area contributed by atoms with E-state index in [1.54, 1.807) is 19.9 Å². The van der Waals surface area contributed by atoms with Gasteiger partial charge in [-0.15, -0.1) is 0 Å². The standard InChI is InChI=1S/C32H42O9/c1-15-12-25(40-28(36)16(15)2)31(7,37)22-14-21(38-17(3)33)27-19-13-26-32(41-26)24(39-18(4)34)9-8-23(35)30(32,6)20(19)10-11-29(22,27)5/h8-9,19-22,24-27,37H,10-14H2,1-7H3/t19-,20+,21-,22+,24+,25-,26-,27-,29-,30+,31-,32-/m1/s1. The normalized spacial score (nSPS) is 47.7. The summed E-state index contributed by atoms with van der Waals surface area (Å²) < 4.78 is 23.9. The van der Waals surface area contributed by atoms with Gasteiger partial charge in [0, 0.05) is 37.7 Å². The molecule has 0 amide bonds. The predicted molar refractivity (Wildman–Crippen MR) is 145 cm³/mol. The van der Waals surface area contributed by atoms with Crippen LogP contribution in [0.1, 0.15) is 80.6 Å². The minimum atomic E-state index is -1.37. The average Bonchev–Trinajstić information content (AvgIpc) is 3.53. The van der Waals surface area contributed by atoms with Crippen LogP contribution < -0.4 is 0 Å². The fourth-order valence-corrected chi connectivity index (χ4v) is 10.2. The zero-order valence-corrected chi connectivity index (χ0v) is 25.0. The van der Waals surface area contributed by atoms with Crippen LogP contribution in [0.25, 0.3) is 0 Å². The molecule has 1 spiro atoms. The van der Waals surface area contributed by atoms with Crippen molar-refractivity contribution < 1.29 is 43.2 Å². The quantitative estimate of drug-likeness (QED) is 0.306. The van der Waals surface area contributed by atoms with E-state index < -0.39 is 52.3 Å². The summed E-state index contributed by atoms with van der Waals surface area (Å²) in [6.45, 7) is 12.3.